The Morgan fingerprint density at radius 3 is 2.43 bits per heavy atom. The van der Waals surface area contributed by atoms with E-state index in [1.807, 2.05) is 17.0 Å². The molecule has 0 atom stereocenters. The van der Waals surface area contributed by atoms with Crippen molar-refractivity contribution in [3.63, 3.8) is 0 Å². The Morgan fingerprint density at radius 1 is 1.03 bits per heavy atom. The Balaban J connectivity index is 1.31. The molecule has 2 heterocycles. The highest BCUT2D eigenvalue weighted by Crippen LogP contribution is 2.31. The summed E-state index contributed by atoms with van der Waals surface area (Å²) in [4.78, 5) is 29.0. The summed E-state index contributed by atoms with van der Waals surface area (Å²) in [5, 5.41) is 6.40. The zero-order chi connectivity index (χ0) is 24.9. The van der Waals surface area contributed by atoms with Crippen molar-refractivity contribution in [1.29, 1.82) is 0 Å². The standard InChI is InChI=1S/C25H29ClN4O4S/c1-16(2)13-23(31)30-9-7-29(8-10-30)20-5-4-18(15-19(20)26)27-25(35)28-24(32)17-3-6-21-22(14-17)34-12-11-33-21/h3-6,14-16H,7-13H2,1-2H3,(H2,27,28,32,35). The molecule has 2 amide bonds. The summed E-state index contributed by atoms with van der Waals surface area (Å²) in [6.45, 7) is 7.84. The third-order valence-corrected chi connectivity index (χ3v) is 6.30. The molecule has 2 aliphatic rings. The number of fused-ring (bicyclic) bond motifs is 1. The van der Waals surface area contributed by atoms with Crippen LogP contribution in [0.1, 0.15) is 30.6 Å². The number of carbonyl (C=O) groups excluding carboxylic acids is 2. The minimum Gasteiger partial charge on any atom is -0.486 e. The van der Waals surface area contributed by atoms with Gasteiger partial charge in [-0.2, -0.15) is 0 Å². The topological polar surface area (TPSA) is 83.1 Å². The van der Waals surface area contributed by atoms with Crippen LogP contribution in [-0.4, -0.2) is 61.2 Å². The molecule has 0 bridgehead atoms. The molecule has 0 saturated carbocycles. The number of anilines is 2. The number of hydrogen-bond donors (Lipinski definition) is 2. The number of hydrogen-bond acceptors (Lipinski definition) is 6. The number of nitrogens with one attached hydrogen (secondary N) is 2. The Kier molecular flexibility index (Phi) is 7.97. The maximum atomic E-state index is 12.6. The van der Waals surface area contributed by atoms with Gasteiger partial charge in [-0.25, -0.2) is 0 Å². The number of carbonyl (C=O) groups is 2. The average Bonchev–Trinajstić information content (AvgIpc) is 2.83. The molecule has 2 N–H and O–H groups in total. The van der Waals surface area contributed by atoms with Crippen molar-refractivity contribution >= 4 is 52.1 Å². The predicted molar refractivity (Wildman–Crippen MR) is 141 cm³/mol. The highest BCUT2D eigenvalue weighted by molar-refractivity contribution is 7.80. The van der Waals surface area contributed by atoms with Gasteiger partial charge in [0, 0.05) is 43.9 Å². The molecule has 0 spiro atoms. The van der Waals surface area contributed by atoms with Crippen LogP contribution < -0.4 is 25.0 Å². The molecule has 0 aliphatic carbocycles. The lowest BCUT2D eigenvalue weighted by atomic mass is 10.1. The Hall–Kier alpha value is -3.04. The second-order valence-corrected chi connectivity index (χ2v) is 9.71. The van der Waals surface area contributed by atoms with Crippen LogP contribution in [0.25, 0.3) is 0 Å². The van der Waals surface area contributed by atoms with E-state index in [-0.39, 0.29) is 16.9 Å². The predicted octanol–water partition coefficient (Wildman–Crippen LogP) is 3.93. The zero-order valence-corrected chi connectivity index (χ0v) is 21.4. The van der Waals surface area contributed by atoms with E-state index in [0.717, 1.165) is 18.8 Å². The minimum absolute atomic E-state index is 0.158. The number of nitrogens with zero attached hydrogens (tertiary/aromatic N) is 2. The molecule has 2 aromatic carbocycles. The van der Waals surface area contributed by atoms with Gasteiger partial charge < -0.3 is 24.6 Å². The zero-order valence-electron chi connectivity index (χ0n) is 19.8. The number of amides is 2. The van der Waals surface area contributed by atoms with Gasteiger partial charge in [-0.1, -0.05) is 25.4 Å². The number of thiocarbonyl (C=S) groups is 1. The van der Waals surface area contributed by atoms with E-state index in [1.54, 1.807) is 24.3 Å². The minimum atomic E-state index is -0.355. The molecule has 2 aromatic rings. The molecular weight excluding hydrogens is 488 g/mol. The third-order valence-electron chi connectivity index (χ3n) is 5.79. The van der Waals surface area contributed by atoms with Crippen molar-refractivity contribution in [2.75, 3.05) is 49.6 Å². The first-order chi connectivity index (χ1) is 16.8. The Bertz CT molecular complexity index is 1120. The lowest BCUT2D eigenvalue weighted by Gasteiger charge is -2.37. The first-order valence-corrected chi connectivity index (χ1v) is 12.4. The van der Waals surface area contributed by atoms with E-state index >= 15 is 0 Å². The lowest BCUT2D eigenvalue weighted by molar-refractivity contribution is -0.132. The smallest absolute Gasteiger partial charge is 0.257 e. The van der Waals surface area contributed by atoms with Gasteiger partial charge >= 0.3 is 0 Å². The van der Waals surface area contributed by atoms with Crippen LogP contribution in [0.3, 0.4) is 0 Å². The monoisotopic (exact) mass is 516 g/mol. The Labute approximate surface area is 215 Å². The SMILES string of the molecule is CC(C)CC(=O)N1CCN(c2ccc(NC(=S)NC(=O)c3ccc4c(c3)OCCO4)cc2Cl)CC1. The summed E-state index contributed by atoms with van der Waals surface area (Å²) in [7, 11) is 0. The second-order valence-electron chi connectivity index (χ2n) is 8.90. The molecule has 186 valence electrons. The fourth-order valence-electron chi connectivity index (χ4n) is 4.04. The van der Waals surface area contributed by atoms with Gasteiger partial charge in [0.1, 0.15) is 13.2 Å². The first kappa shape index (κ1) is 25.1. The van der Waals surface area contributed by atoms with Crippen molar-refractivity contribution in [3.8, 4) is 11.5 Å². The van der Waals surface area contributed by atoms with Crippen LogP contribution >= 0.6 is 23.8 Å². The van der Waals surface area contributed by atoms with Crippen molar-refractivity contribution < 1.29 is 19.1 Å². The van der Waals surface area contributed by atoms with Gasteiger partial charge in [0.25, 0.3) is 5.91 Å². The number of benzene rings is 2. The maximum Gasteiger partial charge on any atom is 0.257 e. The van der Waals surface area contributed by atoms with Gasteiger partial charge in [0.05, 0.1) is 10.7 Å². The van der Waals surface area contributed by atoms with E-state index in [1.165, 1.54) is 0 Å². The summed E-state index contributed by atoms with van der Waals surface area (Å²) >= 11 is 11.9. The number of rotatable bonds is 5. The van der Waals surface area contributed by atoms with Gasteiger partial charge in [0.2, 0.25) is 5.91 Å². The number of piperazine rings is 1. The second kappa shape index (κ2) is 11.1. The summed E-state index contributed by atoms with van der Waals surface area (Å²) in [5.41, 5.74) is 1.98. The van der Waals surface area contributed by atoms with E-state index in [9.17, 15) is 9.59 Å². The van der Waals surface area contributed by atoms with Crippen molar-refractivity contribution in [2.45, 2.75) is 20.3 Å². The molecule has 0 aromatic heterocycles. The average molecular weight is 517 g/mol. The van der Waals surface area contributed by atoms with Crippen molar-refractivity contribution in [1.82, 2.24) is 10.2 Å². The third kappa shape index (κ3) is 6.35. The molecule has 4 rings (SSSR count). The first-order valence-electron chi connectivity index (χ1n) is 11.6. The van der Waals surface area contributed by atoms with Crippen molar-refractivity contribution in [3.05, 3.63) is 47.0 Å². The molecule has 1 fully saturated rings. The fraction of sp³-hybridized carbons (Fsp3) is 0.400. The maximum absolute atomic E-state index is 12.6. The molecule has 8 nitrogen and oxygen atoms in total. The molecule has 2 aliphatic heterocycles. The lowest BCUT2D eigenvalue weighted by Crippen LogP contribution is -2.49. The molecular formula is C25H29ClN4O4S. The summed E-state index contributed by atoms with van der Waals surface area (Å²) < 4.78 is 11.0. The summed E-state index contributed by atoms with van der Waals surface area (Å²) in [6, 6.07) is 10.6. The van der Waals surface area contributed by atoms with Crippen LogP contribution in [0.2, 0.25) is 5.02 Å². The highest BCUT2D eigenvalue weighted by Gasteiger charge is 2.23. The van der Waals surface area contributed by atoms with E-state index in [2.05, 4.69) is 29.4 Å². The van der Waals surface area contributed by atoms with Crippen LogP contribution in [0.4, 0.5) is 11.4 Å². The molecule has 1 saturated heterocycles. The largest absolute Gasteiger partial charge is 0.486 e. The quantitative estimate of drug-likeness (QED) is 0.582. The van der Waals surface area contributed by atoms with E-state index in [4.69, 9.17) is 33.3 Å². The molecule has 35 heavy (non-hydrogen) atoms. The van der Waals surface area contributed by atoms with Gasteiger partial charge in [-0.15, -0.1) is 0 Å². The van der Waals surface area contributed by atoms with Crippen LogP contribution in [0.5, 0.6) is 11.5 Å². The highest BCUT2D eigenvalue weighted by atomic mass is 35.5. The summed E-state index contributed by atoms with van der Waals surface area (Å²) in [5.74, 6) is 1.36. The van der Waals surface area contributed by atoms with Crippen LogP contribution in [0, 0.1) is 5.92 Å². The normalized spacial score (nSPS) is 15.1. The van der Waals surface area contributed by atoms with E-state index in [0.29, 0.717) is 66.4 Å². The number of halogens is 1. The summed E-state index contributed by atoms with van der Waals surface area (Å²) in [6.07, 6.45) is 0.576. The molecule has 0 radical (unpaired) electrons. The molecule has 10 heteroatoms. The Morgan fingerprint density at radius 2 is 1.74 bits per heavy atom. The van der Waals surface area contributed by atoms with Gasteiger partial charge in [0.15, 0.2) is 16.6 Å². The molecule has 0 unspecified atom stereocenters. The van der Waals surface area contributed by atoms with E-state index < -0.39 is 0 Å². The number of ether oxygens (including phenoxy) is 2. The fourth-order valence-corrected chi connectivity index (χ4v) is 4.55. The van der Waals surface area contributed by atoms with Crippen LogP contribution in [0.15, 0.2) is 36.4 Å². The van der Waals surface area contributed by atoms with Crippen LogP contribution in [-0.2, 0) is 4.79 Å². The van der Waals surface area contributed by atoms with Gasteiger partial charge in [-0.3, -0.25) is 14.9 Å². The van der Waals surface area contributed by atoms with Gasteiger partial charge in [-0.05, 0) is 54.5 Å². The van der Waals surface area contributed by atoms with Crippen molar-refractivity contribution in [2.24, 2.45) is 5.92 Å².